The summed E-state index contributed by atoms with van der Waals surface area (Å²) in [6.07, 6.45) is 5.07. The number of isocyanates is 2. The predicted octanol–water partition coefficient (Wildman–Crippen LogP) is 2.82. The number of rotatable bonds is 10. The zero-order valence-corrected chi connectivity index (χ0v) is 13.0. The molecular formula is C12H22N2O3Ti. The van der Waals surface area contributed by atoms with Crippen molar-refractivity contribution in [1.82, 2.24) is 0 Å². The third-order valence-corrected chi connectivity index (χ3v) is 8.63. The van der Waals surface area contributed by atoms with Crippen molar-refractivity contribution in [3.63, 3.8) is 0 Å². The van der Waals surface area contributed by atoms with Crippen molar-refractivity contribution < 1.29 is 29.9 Å². The summed E-state index contributed by atoms with van der Waals surface area (Å²) in [6.45, 7) is 5.13. The summed E-state index contributed by atoms with van der Waals surface area (Å²) >= 11 is -2.33. The Bertz CT molecular complexity index is 297. The first-order valence-corrected chi connectivity index (χ1v) is 10.7. The zero-order chi connectivity index (χ0) is 13.9. The van der Waals surface area contributed by atoms with Crippen LogP contribution in [-0.4, -0.2) is 31.4 Å². The van der Waals surface area contributed by atoms with E-state index < -0.39 is 17.0 Å². The fraction of sp³-hybridized carbons (Fsp3) is 0.833. The third kappa shape index (κ3) is 9.46. The molecule has 0 saturated carbocycles. The van der Waals surface area contributed by atoms with E-state index in [9.17, 15) is 9.59 Å². The van der Waals surface area contributed by atoms with Gasteiger partial charge in [0.05, 0.1) is 0 Å². The van der Waals surface area contributed by atoms with Gasteiger partial charge in [-0.25, -0.2) is 0 Å². The normalized spacial score (nSPS) is 13.6. The molecule has 102 valence electrons. The van der Waals surface area contributed by atoms with E-state index in [1.807, 2.05) is 13.8 Å². The summed E-state index contributed by atoms with van der Waals surface area (Å²) < 4.78 is 8.12. The van der Waals surface area contributed by atoms with Crippen LogP contribution >= 0.6 is 0 Å². The molecule has 0 aromatic rings. The summed E-state index contributed by atoms with van der Waals surface area (Å²) in [5.74, 6) is 0. The van der Waals surface area contributed by atoms with Crippen LogP contribution in [0.3, 0.4) is 0 Å². The second kappa shape index (κ2) is 10.4. The molecule has 18 heavy (non-hydrogen) atoms. The SMILES string of the molecule is CC(C)[O][Ti]([CH3])([CH2]CCN=C=O)[CH2]CCN=C=O. The van der Waals surface area contributed by atoms with Gasteiger partial charge in [0.25, 0.3) is 0 Å². The maximum absolute atomic E-state index is 9.99. The molecule has 0 aromatic carbocycles. The number of hydrogen-bond donors (Lipinski definition) is 0. The number of carbonyl (C=O) groups excluding carboxylic acids is 2. The molecule has 0 aromatic heterocycles. The first-order valence-electron chi connectivity index (χ1n) is 6.29. The molecule has 6 heteroatoms. The molecule has 0 aliphatic rings. The van der Waals surface area contributed by atoms with Crippen molar-refractivity contribution in [1.29, 1.82) is 0 Å². The van der Waals surface area contributed by atoms with E-state index in [2.05, 4.69) is 15.2 Å². The summed E-state index contributed by atoms with van der Waals surface area (Å²) in [6, 6.07) is 0. The van der Waals surface area contributed by atoms with Crippen LogP contribution in [-0.2, 0) is 29.9 Å². The Balaban J connectivity index is 4.22. The number of hydrogen-bond acceptors (Lipinski definition) is 5. The van der Waals surface area contributed by atoms with Crippen molar-refractivity contribution in [2.45, 2.75) is 47.5 Å². The molecule has 5 nitrogen and oxygen atoms in total. The van der Waals surface area contributed by atoms with Gasteiger partial charge in [-0.15, -0.1) is 0 Å². The molecule has 0 aliphatic carbocycles. The van der Waals surface area contributed by atoms with E-state index in [1.54, 1.807) is 12.2 Å². The van der Waals surface area contributed by atoms with E-state index >= 15 is 0 Å². The van der Waals surface area contributed by atoms with Crippen molar-refractivity contribution in [3.8, 4) is 0 Å². The number of aliphatic imine (C=N–C) groups is 2. The van der Waals surface area contributed by atoms with Gasteiger partial charge in [-0.1, -0.05) is 0 Å². The van der Waals surface area contributed by atoms with Crippen LogP contribution in [0.25, 0.3) is 0 Å². The molecule has 0 aliphatic heterocycles. The topological polar surface area (TPSA) is 68.1 Å². The Labute approximate surface area is 113 Å². The Morgan fingerprint density at radius 1 is 1.06 bits per heavy atom. The van der Waals surface area contributed by atoms with Gasteiger partial charge in [-0.2, -0.15) is 0 Å². The molecule has 0 atom stereocenters. The predicted molar refractivity (Wildman–Crippen MR) is 66.9 cm³/mol. The first-order chi connectivity index (χ1) is 8.54. The molecule has 0 radical (unpaired) electrons. The number of nitrogens with zero attached hydrogens (tertiary/aromatic N) is 2. The molecule has 0 rings (SSSR count). The fourth-order valence-electron chi connectivity index (χ4n) is 1.97. The van der Waals surface area contributed by atoms with E-state index in [1.165, 1.54) is 0 Å². The van der Waals surface area contributed by atoms with Gasteiger partial charge in [-0.05, 0) is 0 Å². The molecule has 0 fully saturated rings. The van der Waals surface area contributed by atoms with E-state index in [4.69, 9.17) is 3.32 Å². The Kier molecular flexibility index (Phi) is 10.0. The van der Waals surface area contributed by atoms with Gasteiger partial charge >= 0.3 is 113 Å². The van der Waals surface area contributed by atoms with Crippen molar-refractivity contribution in [2.75, 3.05) is 13.1 Å². The van der Waals surface area contributed by atoms with Crippen LogP contribution in [0.5, 0.6) is 0 Å². The Hall–Kier alpha value is -0.566. The summed E-state index contributed by atoms with van der Waals surface area (Å²) in [7, 11) is 0. The fourth-order valence-corrected chi connectivity index (χ4v) is 7.33. The Morgan fingerprint density at radius 3 is 1.83 bits per heavy atom. The van der Waals surface area contributed by atoms with Crippen LogP contribution in [0.4, 0.5) is 0 Å². The van der Waals surface area contributed by atoms with Crippen molar-refractivity contribution >= 4 is 12.2 Å². The molecule has 0 unspecified atom stereocenters. The molecule has 0 spiro atoms. The minimum atomic E-state index is -2.33. The second-order valence-electron chi connectivity index (χ2n) is 4.77. The minimum absolute atomic E-state index is 0.221. The molecule has 0 N–H and O–H groups in total. The zero-order valence-electron chi connectivity index (χ0n) is 11.4. The van der Waals surface area contributed by atoms with Crippen molar-refractivity contribution in [2.24, 2.45) is 9.98 Å². The summed E-state index contributed by atoms with van der Waals surface area (Å²) in [5, 5.41) is 2.23. The van der Waals surface area contributed by atoms with Gasteiger partial charge < -0.3 is 0 Å². The molecular weight excluding hydrogens is 268 g/mol. The first kappa shape index (κ1) is 17.4. The maximum atomic E-state index is 9.99. The molecule has 0 amide bonds. The molecule has 0 bridgehead atoms. The van der Waals surface area contributed by atoms with E-state index in [-0.39, 0.29) is 6.10 Å². The summed E-state index contributed by atoms with van der Waals surface area (Å²) in [5.41, 5.74) is 0. The molecule has 0 heterocycles. The average Bonchev–Trinajstić information content (AvgIpc) is 2.30. The molecule has 0 saturated heterocycles. The van der Waals surface area contributed by atoms with E-state index in [0.717, 1.165) is 22.3 Å². The van der Waals surface area contributed by atoms with Gasteiger partial charge in [-0.3, -0.25) is 0 Å². The standard InChI is InChI=1S/2C4H6NO.C3H7O.CH3.Ti/c2*1-2-3-5-4-6;1-3(2)4;;/h2*1-3H2;3H,1-2H3;1H3;/q;;-1;;+1. The van der Waals surface area contributed by atoms with Crippen LogP contribution in [0.1, 0.15) is 26.7 Å². The van der Waals surface area contributed by atoms with Crippen LogP contribution in [0, 0.1) is 0 Å². The van der Waals surface area contributed by atoms with Gasteiger partial charge in [0.2, 0.25) is 0 Å². The van der Waals surface area contributed by atoms with Gasteiger partial charge in [0, 0.05) is 0 Å². The average molecular weight is 290 g/mol. The Morgan fingerprint density at radius 2 is 1.50 bits per heavy atom. The van der Waals surface area contributed by atoms with E-state index in [0.29, 0.717) is 13.1 Å². The van der Waals surface area contributed by atoms with Crippen LogP contribution < -0.4 is 0 Å². The monoisotopic (exact) mass is 290 g/mol. The van der Waals surface area contributed by atoms with Gasteiger partial charge in [0.15, 0.2) is 0 Å². The van der Waals surface area contributed by atoms with Crippen molar-refractivity contribution in [3.05, 3.63) is 0 Å². The third-order valence-electron chi connectivity index (χ3n) is 2.60. The summed E-state index contributed by atoms with van der Waals surface area (Å²) in [4.78, 5) is 27.1. The van der Waals surface area contributed by atoms with Crippen LogP contribution in [0.2, 0.25) is 14.7 Å². The van der Waals surface area contributed by atoms with Crippen LogP contribution in [0.15, 0.2) is 9.98 Å². The quantitative estimate of drug-likeness (QED) is 0.269. The van der Waals surface area contributed by atoms with Gasteiger partial charge in [0.1, 0.15) is 0 Å². The second-order valence-corrected chi connectivity index (χ2v) is 11.2.